The summed E-state index contributed by atoms with van der Waals surface area (Å²) in [5.41, 5.74) is 1.28. The number of ether oxygens (including phenoxy) is 1. The molecule has 0 aromatic heterocycles. The maximum absolute atomic E-state index is 12.2. The monoisotopic (exact) mass is 332 g/mol. The van der Waals surface area contributed by atoms with Crippen molar-refractivity contribution >= 4 is 17.7 Å². The van der Waals surface area contributed by atoms with Gasteiger partial charge in [0.15, 0.2) is 0 Å². The van der Waals surface area contributed by atoms with Crippen LogP contribution in [0.15, 0.2) is 24.3 Å². The molecule has 1 aromatic rings. The number of rotatable bonds is 7. The van der Waals surface area contributed by atoms with Crippen LogP contribution in [0.2, 0.25) is 0 Å². The van der Waals surface area contributed by atoms with E-state index in [-0.39, 0.29) is 18.4 Å². The van der Waals surface area contributed by atoms with Crippen LogP contribution in [0.3, 0.4) is 0 Å². The van der Waals surface area contributed by atoms with Crippen molar-refractivity contribution in [3.8, 4) is 11.8 Å². The predicted molar refractivity (Wildman–Crippen MR) is 93.2 cm³/mol. The third-order valence-electron chi connectivity index (χ3n) is 4.35. The first kappa shape index (κ1) is 17.7. The average molecular weight is 332 g/mol. The van der Waals surface area contributed by atoms with Gasteiger partial charge in [0.2, 0.25) is 5.91 Å². The van der Waals surface area contributed by atoms with Gasteiger partial charge in [0.25, 0.3) is 0 Å². The van der Waals surface area contributed by atoms with Crippen LogP contribution in [0, 0.1) is 23.2 Å². The molecular formula is C18H24N2O2S. The molecule has 1 aliphatic rings. The second-order valence-corrected chi connectivity index (χ2v) is 6.92. The Morgan fingerprint density at radius 2 is 2.09 bits per heavy atom. The van der Waals surface area contributed by atoms with E-state index in [1.807, 2.05) is 30.0 Å². The van der Waals surface area contributed by atoms with Crippen molar-refractivity contribution in [3.05, 3.63) is 29.8 Å². The van der Waals surface area contributed by atoms with E-state index in [9.17, 15) is 4.79 Å². The van der Waals surface area contributed by atoms with Gasteiger partial charge in [-0.1, -0.05) is 25.0 Å². The highest BCUT2D eigenvalue weighted by Crippen LogP contribution is 2.33. The molecule has 124 valence electrons. The van der Waals surface area contributed by atoms with E-state index in [0.717, 1.165) is 36.5 Å². The van der Waals surface area contributed by atoms with Crippen LogP contribution in [-0.2, 0) is 10.5 Å². The van der Waals surface area contributed by atoms with Crippen molar-refractivity contribution in [2.24, 2.45) is 11.8 Å². The largest absolute Gasteiger partial charge is 0.497 e. The summed E-state index contributed by atoms with van der Waals surface area (Å²) in [6, 6.07) is 10.1. The molecule has 2 atom stereocenters. The van der Waals surface area contributed by atoms with Crippen LogP contribution in [0.4, 0.5) is 0 Å². The lowest BCUT2D eigenvalue weighted by molar-refractivity contribution is -0.127. The van der Waals surface area contributed by atoms with E-state index in [0.29, 0.717) is 5.92 Å². The van der Waals surface area contributed by atoms with E-state index in [2.05, 4.69) is 17.4 Å². The molecule has 2 rings (SSSR count). The fraction of sp³-hybridized carbons (Fsp3) is 0.556. The van der Waals surface area contributed by atoms with Gasteiger partial charge in [0, 0.05) is 11.7 Å². The number of nitriles is 1. The minimum absolute atomic E-state index is 0.0568. The maximum atomic E-state index is 12.2. The Balaban J connectivity index is 1.81. The number of thioether (sulfide) groups is 1. The zero-order valence-electron chi connectivity index (χ0n) is 13.6. The molecule has 1 fully saturated rings. The number of nitrogens with zero attached hydrogens (tertiary/aromatic N) is 1. The summed E-state index contributed by atoms with van der Waals surface area (Å²) in [6.07, 6.45) is 4.38. The normalized spacial score (nSPS) is 20.5. The number of carbonyl (C=O) groups is 1. The molecule has 1 amide bonds. The van der Waals surface area contributed by atoms with Crippen molar-refractivity contribution in [3.63, 3.8) is 0 Å². The lowest BCUT2D eigenvalue weighted by Crippen LogP contribution is -2.37. The number of benzene rings is 1. The second-order valence-electron chi connectivity index (χ2n) is 5.89. The van der Waals surface area contributed by atoms with E-state index in [4.69, 9.17) is 10.00 Å². The summed E-state index contributed by atoms with van der Waals surface area (Å²) in [5, 5.41) is 11.3. The van der Waals surface area contributed by atoms with Crippen molar-refractivity contribution in [1.82, 2.24) is 5.32 Å². The van der Waals surface area contributed by atoms with Crippen LogP contribution in [0.1, 0.15) is 31.2 Å². The molecule has 0 heterocycles. The molecule has 1 aromatic carbocycles. The van der Waals surface area contributed by atoms with E-state index >= 15 is 0 Å². The minimum atomic E-state index is 0.0568. The highest BCUT2D eigenvalue weighted by molar-refractivity contribution is 7.98. The Morgan fingerprint density at radius 1 is 1.35 bits per heavy atom. The molecular weight excluding hydrogens is 308 g/mol. The van der Waals surface area contributed by atoms with Gasteiger partial charge in [-0.05, 0) is 42.2 Å². The zero-order chi connectivity index (χ0) is 16.5. The van der Waals surface area contributed by atoms with Crippen LogP contribution < -0.4 is 10.1 Å². The number of methoxy groups -OCH3 is 1. The first-order valence-corrected chi connectivity index (χ1v) is 9.25. The quantitative estimate of drug-likeness (QED) is 0.778. The first-order chi connectivity index (χ1) is 11.2. The van der Waals surface area contributed by atoms with Crippen LogP contribution >= 0.6 is 11.8 Å². The lowest BCUT2D eigenvalue weighted by atomic mass is 9.80. The van der Waals surface area contributed by atoms with E-state index in [1.165, 1.54) is 12.0 Å². The molecule has 4 nitrogen and oxygen atoms in total. The van der Waals surface area contributed by atoms with Gasteiger partial charge in [0.1, 0.15) is 12.3 Å². The highest BCUT2D eigenvalue weighted by Gasteiger charge is 2.30. The Morgan fingerprint density at radius 3 is 2.78 bits per heavy atom. The standard InChI is InChI=1S/C18H24N2O2S/c1-22-16-8-6-14(7-9-16)12-23-13-15-4-2-3-5-17(15)18(21)20-11-10-19/h6-9,15,17H,2-5,11-13H2,1H3,(H,20,21). The van der Waals surface area contributed by atoms with Gasteiger partial charge in [0.05, 0.1) is 13.2 Å². The smallest absolute Gasteiger partial charge is 0.224 e. The van der Waals surface area contributed by atoms with Gasteiger partial charge in [-0.15, -0.1) is 0 Å². The van der Waals surface area contributed by atoms with Crippen molar-refractivity contribution in [2.75, 3.05) is 19.4 Å². The second kappa shape index (κ2) is 9.46. The molecule has 1 aliphatic carbocycles. The van der Waals surface area contributed by atoms with Crippen molar-refractivity contribution in [2.45, 2.75) is 31.4 Å². The van der Waals surface area contributed by atoms with Crippen molar-refractivity contribution < 1.29 is 9.53 Å². The number of hydrogen-bond acceptors (Lipinski definition) is 4. The van der Waals surface area contributed by atoms with Gasteiger partial charge in [-0.3, -0.25) is 4.79 Å². The van der Waals surface area contributed by atoms with Gasteiger partial charge >= 0.3 is 0 Å². The first-order valence-electron chi connectivity index (χ1n) is 8.10. The van der Waals surface area contributed by atoms with E-state index in [1.54, 1.807) is 7.11 Å². The Labute approximate surface area is 142 Å². The molecule has 0 saturated heterocycles. The lowest BCUT2D eigenvalue weighted by Gasteiger charge is -2.30. The number of carbonyl (C=O) groups excluding carboxylic acids is 1. The van der Waals surface area contributed by atoms with E-state index < -0.39 is 0 Å². The summed E-state index contributed by atoms with van der Waals surface area (Å²) in [5.74, 6) is 3.37. The zero-order valence-corrected chi connectivity index (χ0v) is 14.4. The fourth-order valence-corrected chi connectivity index (χ4v) is 4.31. The average Bonchev–Trinajstić information content (AvgIpc) is 2.60. The topological polar surface area (TPSA) is 62.1 Å². The summed E-state index contributed by atoms with van der Waals surface area (Å²) >= 11 is 1.89. The SMILES string of the molecule is COc1ccc(CSCC2CCCCC2C(=O)NCC#N)cc1. The van der Waals surface area contributed by atoms with Gasteiger partial charge < -0.3 is 10.1 Å². The molecule has 2 unspecified atom stereocenters. The molecule has 0 bridgehead atoms. The van der Waals surface area contributed by atoms with Crippen LogP contribution in [-0.4, -0.2) is 25.3 Å². The van der Waals surface area contributed by atoms with Crippen molar-refractivity contribution in [1.29, 1.82) is 5.26 Å². The predicted octanol–water partition coefficient (Wildman–Crippen LogP) is 3.37. The highest BCUT2D eigenvalue weighted by atomic mass is 32.2. The minimum Gasteiger partial charge on any atom is -0.497 e. The van der Waals surface area contributed by atoms with Gasteiger partial charge in [-0.25, -0.2) is 0 Å². The molecule has 23 heavy (non-hydrogen) atoms. The number of nitrogens with one attached hydrogen (secondary N) is 1. The molecule has 0 spiro atoms. The third-order valence-corrected chi connectivity index (χ3v) is 5.55. The Bertz CT molecular complexity index is 539. The molecule has 0 aliphatic heterocycles. The number of amides is 1. The summed E-state index contributed by atoms with van der Waals surface area (Å²) in [6.45, 7) is 0.112. The fourth-order valence-electron chi connectivity index (χ4n) is 3.06. The van der Waals surface area contributed by atoms with Crippen LogP contribution in [0.25, 0.3) is 0 Å². The Hall–Kier alpha value is -1.67. The summed E-state index contributed by atoms with van der Waals surface area (Å²) < 4.78 is 5.17. The molecule has 1 saturated carbocycles. The number of hydrogen-bond donors (Lipinski definition) is 1. The van der Waals surface area contributed by atoms with Crippen LogP contribution in [0.5, 0.6) is 5.75 Å². The molecule has 5 heteroatoms. The third kappa shape index (κ3) is 5.47. The summed E-state index contributed by atoms with van der Waals surface area (Å²) in [4.78, 5) is 12.2. The molecule has 1 N–H and O–H groups in total. The molecule has 0 radical (unpaired) electrons. The summed E-state index contributed by atoms with van der Waals surface area (Å²) in [7, 11) is 1.67. The Kier molecular flexibility index (Phi) is 7.28. The van der Waals surface area contributed by atoms with Gasteiger partial charge in [-0.2, -0.15) is 17.0 Å². The maximum Gasteiger partial charge on any atom is 0.224 e.